The van der Waals surface area contributed by atoms with E-state index in [1.807, 2.05) is 12.4 Å². The van der Waals surface area contributed by atoms with Gasteiger partial charge in [0.2, 0.25) is 11.9 Å². The van der Waals surface area contributed by atoms with Crippen LogP contribution in [0, 0.1) is 5.92 Å². The Morgan fingerprint density at radius 1 is 1.43 bits per heavy atom. The molecule has 114 valence electrons. The number of rotatable bonds is 5. The maximum Gasteiger partial charge on any atom is 0.225 e. The molecule has 0 spiro atoms. The molecule has 0 bridgehead atoms. The molecule has 0 radical (unpaired) electrons. The number of hydrogen-bond donors (Lipinski definition) is 2. The van der Waals surface area contributed by atoms with Gasteiger partial charge in [0.15, 0.2) is 0 Å². The van der Waals surface area contributed by atoms with E-state index in [1.165, 1.54) is 0 Å². The van der Waals surface area contributed by atoms with Crippen molar-refractivity contribution in [1.29, 1.82) is 0 Å². The SMILES string of the molecule is CCCNCc1cnc(N2CCCC3C(=O)NCC32)nc1. The van der Waals surface area contributed by atoms with Gasteiger partial charge >= 0.3 is 0 Å². The molecule has 6 nitrogen and oxygen atoms in total. The maximum absolute atomic E-state index is 11.8. The van der Waals surface area contributed by atoms with Gasteiger partial charge in [-0.15, -0.1) is 0 Å². The van der Waals surface area contributed by atoms with Crippen LogP contribution in [0.15, 0.2) is 12.4 Å². The van der Waals surface area contributed by atoms with Crippen molar-refractivity contribution in [1.82, 2.24) is 20.6 Å². The third-order valence-corrected chi connectivity index (χ3v) is 4.31. The third kappa shape index (κ3) is 3.00. The Bertz CT molecular complexity index is 489. The number of nitrogens with one attached hydrogen (secondary N) is 2. The second kappa shape index (κ2) is 6.39. The first kappa shape index (κ1) is 14.3. The molecule has 2 unspecified atom stereocenters. The fourth-order valence-corrected chi connectivity index (χ4v) is 3.20. The first-order valence-corrected chi connectivity index (χ1v) is 7.85. The maximum atomic E-state index is 11.8. The van der Waals surface area contributed by atoms with Crippen molar-refractivity contribution < 1.29 is 4.79 Å². The highest BCUT2D eigenvalue weighted by molar-refractivity contribution is 5.82. The smallest absolute Gasteiger partial charge is 0.225 e. The molecule has 2 aliphatic heterocycles. The molecule has 2 N–H and O–H groups in total. The molecule has 1 aromatic rings. The molecule has 2 saturated heterocycles. The lowest BCUT2D eigenvalue weighted by atomic mass is 9.92. The second-order valence-corrected chi connectivity index (χ2v) is 5.82. The van der Waals surface area contributed by atoms with Gasteiger partial charge in [0.05, 0.1) is 12.0 Å². The van der Waals surface area contributed by atoms with Gasteiger partial charge in [-0.1, -0.05) is 6.92 Å². The Hall–Kier alpha value is -1.69. The topological polar surface area (TPSA) is 70.2 Å². The van der Waals surface area contributed by atoms with E-state index in [2.05, 4.69) is 32.4 Å². The predicted molar refractivity (Wildman–Crippen MR) is 80.9 cm³/mol. The lowest BCUT2D eigenvalue weighted by Crippen LogP contribution is -2.46. The summed E-state index contributed by atoms with van der Waals surface area (Å²) in [7, 11) is 0. The van der Waals surface area contributed by atoms with Crippen molar-refractivity contribution in [2.45, 2.75) is 38.8 Å². The first-order chi connectivity index (χ1) is 10.3. The quantitative estimate of drug-likeness (QED) is 0.781. The van der Waals surface area contributed by atoms with Crippen LogP contribution in [-0.4, -0.2) is 41.6 Å². The van der Waals surface area contributed by atoms with Crippen LogP contribution in [-0.2, 0) is 11.3 Å². The Balaban J connectivity index is 1.67. The number of aromatic nitrogens is 2. The number of piperidine rings is 1. The van der Waals surface area contributed by atoms with E-state index in [-0.39, 0.29) is 17.9 Å². The van der Waals surface area contributed by atoms with Gasteiger partial charge in [-0.25, -0.2) is 9.97 Å². The van der Waals surface area contributed by atoms with Crippen LogP contribution >= 0.6 is 0 Å². The van der Waals surface area contributed by atoms with E-state index < -0.39 is 0 Å². The van der Waals surface area contributed by atoms with Gasteiger partial charge in [-0.05, 0) is 25.8 Å². The van der Waals surface area contributed by atoms with E-state index in [0.717, 1.165) is 50.4 Å². The normalized spacial score (nSPS) is 24.8. The molecule has 2 fully saturated rings. The highest BCUT2D eigenvalue weighted by Crippen LogP contribution is 2.29. The Morgan fingerprint density at radius 2 is 2.24 bits per heavy atom. The van der Waals surface area contributed by atoms with Gasteiger partial charge in [-0.3, -0.25) is 4.79 Å². The Morgan fingerprint density at radius 3 is 3.00 bits per heavy atom. The predicted octanol–water partition coefficient (Wildman–Crippen LogP) is 0.691. The summed E-state index contributed by atoms with van der Waals surface area (Å²) in [6.07, 6.45) is 6.90. The van der Waals surface area contributed by atoms with Gasteiger partial charge in [-0.2, -0.15) is 0 Å². The minimum absolute atomic E-state index is 0.105. The summed E-state index contributed by atoms with van der Waals surface area (Å²) in [4.78, 5) is 23.0. The van der Waals surface area contributed by atoms with Crippen LogP contribution in [0.4, 0.5) is 5.95 Å². The molecule has 2 atom stereocenters. The van der Waals surface area contributed by atoms with Gasteiger partial charge < -0.3 is 15.5 Å². The van der Waals surface area contributed by atoms with Gasteiger partial charge in [0.25, 0.3) is 0 Å². The molecule has 0 aliphatic carbocycles. The lowest BCUT2D eigenvalue weighted by Gasteiger charge is -2.35. The highest BCUT2D eigenvalue weighted by atomic mass is 16.2. The molecule has 1 amide bonds. The molecule has 0 aromatic carbocycles. The minimum atomic E-state index is 0.105. The molecule has 21 heavy (non-hydrogen) atoms. The first-order valence-electron chi connectivity index (χ1n) is 7.85. The van der Waals surface area contributed by atoms with E-state index >= 15 is 0 Å². The minimum Gasteiger partial charge on any atom is -0.354 e. The molecular formula is C15H23N5O. The summed E-state index contributed by atoms with van der Waals surface area (Å²) in [5.41, 5.74) is 1.10. The number of carbonyl (C=O) groups excluding carboxylic acids is 1. The highest BCUT2D eigenvalue weighted by Gasteiger charge is 2.41. The molecule has 0 saturated carbocycles. The second-order valence-electron chi connectivity index (χ2n) is 5.82. The summed E-state index contributed by atoms with van der Waals surface area (Å²) in [5, 5.41) is 6.31. The van der Waals surface area contributed by atoms with Crippen molar-refractivity contribution in [3.8, 4) is 0 Å². The number of nitrogens with zero attached hydrogens (tertiary/aromatic N) is 3. The zero-order valence-electron chi connectivity index (χ0n) is 12.5. The number of amides is 1. The molecule has 3 heterocycles. The van der Waals surface area contributed by atoms with Gasteiger partial charge in [0.1, 0.15) is 0 Å². The largest absolute Gasteiger partial charge is 0.354 e. The average Bonchev–Trinajstić information content (AvgIpc) is 2.90. The summed E-state index contributed by atoms with van der Waals surface area (Å²) in [5.74, 6) is 1.04. The van der Waals surface area contributed by atoms with Crippen molar-refractivity contribution in [3.05, 3.63) is 18.0 Å². The zero-order chi connectivity index (χ0) is 14.7. The Kier molecular flexibility index (Phi) is 4.34. The third-order valence-electron chi connectivity index (χ3n) is 4.31. The standard InChI is InChI=1S/C15H23N5O/c1-2-5-16-7-11-8-18-15(19-9-11)20-6-3-4-12-13(20)10-17-14(12)21/h8-9,12-13,16H,2-7,10H2,1H3,(H,17,21). The molecule has 2 aliphatic rings. The summed E-state index contributed by atoms with van der Waals surface area (Å²) >= 11 is 0. The van der Waals surface area contributed by atoms with Crippen molar-refractivity contribution in [3.63, 3.8) is 0 Å². The average molecular weight is 289 g/mol. The summed E-state index contributed by atoms with van der Waals surface area (Å²) in [6, 6.07) is 0.218. The van der Waals surface area contributed by atoms with Crippen LogP contribution in [0.5, 0.6) is 0 Å². The summed E-state index contributed by atoms with van der Waals surface area (Å²) < 4.78 is 0. The number of anilines is 1. The van der Waals surface area contributed by atoms with E-state index in [1.54, 1.807) is 0 Å². The number of carbonyl (C=O) groups is 1. The molecule has 1 aromatic heterocycles. The van der Waals surface area contributed by atoms with Crippen LogP contribution in [0.3, 0.4) is 0 Å². The van der Waals surface area contributed by atoms with Crippen LogP contribution < -0.4 is 15.5 Å². The number of fused-ring (bicyclic) bond motifs is 1. The molecule has 3 rings (SSSR count). The fraction of sp³-hybridized carbons (Fsp3) is 0.667. The van der Waals surface area contributed by atoms with Crippen LogP contribution in [0.25, 0.3) is 0 Å². The van der Waals surface area contributed by atoms with Crippen molar-refractivity contribution >= 4 is 11.9 Å². The van der Waals surface area contributed by atoms with E-state index in [0.29, 0.717) is 6.54 Å². The van der Waals surface area contributed by atoms with Crippen LogP contribution in [0.1, 0.15) is 31.7 Å². The van der Waals surface area contributed by atoms with Gasteiger partial charge in [0, 0.05) is 37.6 Å². The Labute approximate surface area is 125 Å². The number of hydrogen-bond acceptors (Lipinski definition) is 5. The van der Waals surface area contributed by atoms with Crippen molar-refractivity contribution in [2.24, 2.45) is 5.92 Å². The summed E-state index contributed by atoms with van der Waals surface area (Å²) in [6.45, 7) is 5.61. The lowest BCUT2D eigenvalue weighted by molar-refractivity contribution is -0.123. The zero-order valence-corrected chi connectivity index (χ0v) is 12.5. The van der Waals surface area contributed by atoms with Crippen LogP contribution in [0.2, 0.25) is 0 Å². The van der Waals surface area contributed by atoms with E-state index in [9.17, 15) is 4.79 Å². The molecular weight excluding hydrogens is 266 g/mol. The fourth-order valence-electron chi connectivity index (χ4n) is 3.20. The molecule has 6 heteroatoms. The van der Waals surface area contributed by atoms with E-state index in [4.69, 9.17) is 0 Å². The van der Waals surface area contributed by atoms with Crippen molar-refractivity contribution in [2.75, 3.05) is 24.5 Å². The monoisotopic (exact) mass is 289 g/mol.